The molecule has 1 aliphatic heterocycles. The summed E-state index contributed by atoms with van der Waals surface area (Å²) in [6.45, 7) is 7.97. The normalized spacial score (nSPS) is 18.9. The van der Waals surface area contributed by atoms with Gasteiger partial charge in [-0.05, 0) is 50.4 Å². The van der Waals surface area contributed by atoms with Crippen LogP contribution in [0, 0.1) is 0 Å². The maximum Gasteiger partial charge on any atom is 0.268 e. The van der Waals surface area contributed by atoms with Crippen LogP contribution in [0.25, 0.3) is 11.0 Å². The van der Waals surface area contributed by atoms with Gasteiger partial charge in [0.2, 0.25) is 11.9 Å². The van der Waals surface area contributed by atoms with E-state index in [-0.39, 0.29) is 23.5 Å². The molecule has 0 radical (unpaired) electrons. The minimum atomic E-state index is -2.36. The van der Waals surface area contributed by atoms with E-state index in [0.717, 1.165) is 12.5 Å². The zero-order valence-electron chi connectivity index (χ0n) is 18.9. The van der Waals surface area contributed by atoms with Crippen LogP contribution in [0.5, 0.6) is 0 Å². The van der Waals surface area contributed by atoms with Crippen LogP contribution in [0.3, 0.4) is 0 Å². The summed E-state index contributed by atoms with van der Waals surface area (Å²) in [6.07, 6.45) is 2.51. The highest BCUT2D eigenvalue weighted by molar-refractivity contribution is 7.63. The molecule has 0 bridgehead atoms. The third-order valence-corrected chi connectivity index (χ3v) is 9.32. The van der Waals surface area contributed by atoms with Gasteiger partial charge in [-0.25, -0.2) is 4.98 Å². The predicted octanol–water partition coefficient (Wildman–Crippen LogP) is 5.47. The largest absolute Gasteiger partial charge is 0.379 e. The van der Waals surface area contributed by atoms with Crippen molar-refractivity contribution in [1.29, 1.82) is 0 Å². The van der Waals surface area contributed by atoms with Crippen LogP contribution in [0.4, 0.5) is 11.6 Å². The third-order valence-electron chi connectivity index (χ3n) is 5.86. The first-order chi connectivity index (χ1) is 16.2. The first kappa shape index (κ1) is 24.7. The zero-order chi connectivity index (χ0) is 24.5. The Morgan fingerprint density at radius 3 is 2.88 bits per heavy atom. The fraction of sp³-hybridized carbons (Fsp3) is 0.348. The van der Waals surface area contributed by atoms with Crippen LogP contribution >= 0.6 is 30.1 Å². The number of carbonyl (C=O) groups is 2. The van der Waals surface area contributed by atoms with Crippen LogP contribution in [0.2, 0.25) is 5.02 Å². The summed E-state index contributed by atoms with van der Waals surface area (Å²) < 4.78 is 20.7. The molecule has 2 N–H and O–H groups in total. The first-order valence-electron chi connectivity index (χ1n) is 10.8. The molecule has 2 atom stereocenters. The number of fused-ring (bicyclic) bond motifs is 1. The van der Waals surface area contributed by atoms with E-state index in [2.05, 4.69) is 22.2 Å². The monoisotopic (exact) mass is 520 g/mol. The molecule has 1 saturated heterocycles. The maximum absolute atomic E-state index is 13.1. The number of imidazole rings is 1. The zero-order valence-corrected chi connectivity index (χ0v) is 21.4. The third kappa shape index (κ3) is 5.28. The Labute approximate surface area is 206 Å². The topological polar surface area (TPSA) is 102 Å². The SMILES string of the molecule is C=CC(=O)Nc1csc(C(=O)Nc2nc3cccc(Cl)c3n2[C@@H]2COCCC(P(C)(C)=O)C2)c1. The van der Waals surface area contributed by atoms with E-state index >= 15 is 0 Å². The molecule has 0 aliphatic carbocycles. The highest BCUT2D eigenvalue weighted by atomic mass is 35.5. The molecular formula is C23H26ClN4O4PS. The van der Waals surface area contributed by atoms with E-state index in [1.807, 2.05) is 10.6 Å². The van der Waals surface area contributed by atoms with Gasteiger partial charge in [0.05, 0.1) is 46.4 Å². The fourth-order valence-corrected chi connectivity index (χ4v) is 6.58. The maximum atomic E-state index is 13.1. The number of halogens is 1. The van der Waals surface area contributed by atoms with Gasteiger partial charge >= 0.3 is 0 Å². The van der Waals surface area contributed by atoms with E-state index in [1.165, 1.54) is 11.3 Å². The number of hydrogen-bond donors (Lipinski definition) is 2. The van der Waals surface area contributed by atoms with Gasteiger partial charge in [-0.15, -0.1) is 11.3 Å². The Balaban J connectivity index is 1.69. The summed E-state index contributed by atoms with van der Waals surface area (Å²) in [5.74, 6) is -0.373. The number of amides is 2. The van der Waals surface area contributed by atoms with E-state index in [4.69, 9.17) is 16.3 Å². The number of benzene rings is 1. The van der Waals surface area contributed by atoms with Gasteiger partial charge in [0.1, 0.15) is 0 Å². The lowest BCUT2D eigenvalue weighted by molar-refractivity contribution is -0.111. The molecule has 1 aromatic carbocycles. The summed E-state index contributed by atoms with van der Waals surface area (Å²) in [5, 5.41) is 7.73. The van der Waals surface area contributed by atoms with E-state index in [9.17, 15) is 14.2 Å². The number of carbonyl (C=O) groups excluding carboxylic acids is 2. The Hall–Kier alpha value is -2.45. The van der Waals surface area contributed by atoms with Crippen molar-refractivity contribution >= 4 is 64.6 Å². The molecule has 34 heavy (non-hydrogen) atoms. The summed E-state index contributed by atoms with van der Waals surface area (Å²) in [4.78, 5) is 29.7. The van der Waals surface area contributed by atoms with Gasteiger partial charge in [0.25, 0.3) is 5.91 Å². The van der Waals surface area contributed by atoms with Crippen molar-refractivity contribution in [2.45, 2.75) is 24.5 Å². The molecule has 3 aromatic rings. The molecule has 8 nitrogen and oxygen atoms in total. The van der Waals surface area contributed by atoms with E-state index in [1.54, 1.807) is 36.9 Å². The van der Waals surface area contributed by atoms with E-state index < -0.39 is 7.14 Å². The standard InChI is InChI=1S/C23H26ClN4O4PS/c1-4-20(29)25-14-10-19(34-13-14)22(30)27-23-26-18-7-5-6-17(24)21(18)28(23)15-11-16(33(2,3)31)8-9-32-12-15/h4-7,10,13,15-16H,1,8-9,11-12H2,2-3H3,(H,25,29)(H,26,27,30)/t15-,16?/m0/s1. The summed E-state index contributed by atoms with van der Waals surface area (Å²) in [5.41, 5.74) is 1.85. The van der Waals surface area contributed by atoms with Crippen LogP contribution in [0.15, 0.2) is 42.3 Å². The molecule has 0 saturated carbocycles. The lowest BCUT2D eigenvalue weighted by Crippen LogP contribution is -2.22. The number of rotatable bonds is 6. The van der Waals surface area contributed by atoms with Crippen molar-refractivity contribution < 1.29 is 18.9 Å². The predicted molar refractivity (Wildman–Crippen MR) is 138 cm³/mol. The molecule has 1 aliphatic rings. The average molecular weight is 521 g/mol. The van der Waals surface area contributed by atoms with Crippen LogP contribution in [-0.2, 0) is 14.1 Å². The molecule has 11 heteroatoms. The van der Waals surface area contributed by atoms with Crippen molar-refractivity contribution in [3.05, 3.63) is 52.2 Å². The summed E-state index contributed by atoms with van der Waals surface area (Å²) in [6, 6.07) is 6.81. The summed E-state index contributed by atoms with van der Waals surface area (Å²) >= 11 is 7.77. The van der Waals surface area contributed by atoms with Crippen LogP contribution in [0.1, 0.15) is 28.6 Å². The second-order valence-electron chi connectivity index (χ2n) is 8.60. The van der Waals surface area contributed by atoms with Crippen molar-refractivity contribution in [3.63, 3.8) is 0 Å². The second-order valence-corrected chi connectivity index (χ2v) is 13.5. The average Bonchev–Trinajstić information content (AvgIpc) is 3.30. The number of aromatic nitrogens is 2. The van der Waals surface area contributed by atoms with Gasteiger partial charge in [-0.3, -0.25) is 14.9 Å². The lowest BCUT2D eigenvalue weighted by atomic mass is 10.1. The number of thiophene rings is 1. The van der Waals surface area contributed by atoms with Crippen molar-refractivity contribution in [2.75, 3.05) is 37.2 Å². The van der Waals surface area contributed by atoms with E-state index in [0.29, 0.717) is 52.2 Å². The number of nitrogens with zero attached hydrogens (tertiary/aromatic N) is 2. The molecule has 3 heterocycles. The number of hydrogen-bond acceptors (Lipinski definition) is 6. The molecule has 180 valence electrons. The summed E-state index contributed by atoms with van der Waals surface area (Å²) in [7, 11) is -2.36. The van der Waals surface area contributed by atoms with Gasteiger partial charge in [0.15, 0.2) is 0 Å². The van der Waals surface area contributed by atoms with Gasteiger partial charge in [0, 0.05) is 17.6 Å². The van der Waals surface area contributed by atoms with Crippen molar-refractivity contribution in [3.8, 4) is 0 Å². The Morgan fingerprint density at radius 2 is 2.15 bits per heavy atom. The fourth-order valence-electron chi connectivity index (χ4n) is 4.11. The molecule has 0 spiro atoms. The van der Waals surface area contributed by atoms with Crippen molar-refractivity contribution in [2.24, 2.45) is 0 Å². The number of ether oxygens (including phenoxy) is 1. The molecule has 2 amide bonds. The van der Waals surface area contributed by atoms with Gasteiger partial charge in [-0.2, -0.15) is 0 Å². The van der Waals surface area contributed by atoms with Gasteiger partial charge in [-0.1, -0.05) is 24.2 Å². The Bertz CT molecular complexity index is 1300. The highest BCUT2D eigenvalue weighted by Gasteiger charge is 2.32. The number of anilines is 2. The minimum absolute atomic E-state index is 0.00295. The number of para-hydroxylation sites is 1. The highest BCUT2D eigenvalue weighted by Crippen LogP contribution is 2.49. The minimum Gasteiger partial charge on any atom is -0.379 e. The van der Waals surface area contributed by atoms with Crippen LogP contribution in [-0.4, -0.2) is 53.6 Å². The molecule has 2 aromatic heterocycles. The molecular weight excluding hydrogens is 495 g/mol. The molecule has 4 rings (SSSR count). The van der Waals surface area contributed by atoms with Crippen molar-refractivity contribution in [1.82, 2.24) is 9.55 Å². The van der Waals surface area contributed by atoms with Gasteiger partial charge < -0.3 is 19.2 Å². The molecule has 1 fully saturated rings. The Morgan fingerprint density at radius 1 is 1.35 bits per heavy atom. The quantitative estimate of drug-likeness (QED) is 0.331. The lowest BCUT2D eigenvalue weighted by Gasteiger charge is -2.25. The molecule has 1 unspecified atom stereocenters. The van der Waals surface area contributed by atoms with Crippen LogP contribution < -0.4 is 10.6 Å². The smallest absolute Gasteiger partial charge is 0.268 e. The first-order valence-corrected chi connectivity index (χ1v) is 14.7. The second kappa shape index (κ2) is 10.0. The number of nitrogens with one attached hydrogen (secondary N) is 2. The Kier molecular flexibility index (Phi) is 7.28.